The van der Waals surface area contributed by atoms with Gasteiger partial charge >= 0.3 is 0 Å². The predicted molar refractivity (Wildman–Crippen MR) is 105 cm³/mol. The summed E-state index contributed by atoms with van der Waals surface area (Å²) in [5.41, 5.74) is 2.27. The van der Waals surface area contributed by atoms with Gasteiger partial charge in [-0.05, 0) is 49.4 Å². The van der Waals surface area contributed by atoms with Gasteiger partial charge in [0.25, 0.3) is 5.91 Å². The average Bonchev–Trinajstić information content (AvgIpc) is 3.32. The minimum Gasteiger partial charge on any atom is -0.351 e. The highest BCUT2D eigenvalue weighted by atomic mass is 19.1. The van der Waals surface area contributed by atoms with Crippen LogP contribution in [0.2, 0.25) is 0 Å². The first-order valence-electron chi connectivity index (χ1n) is 10.5. The molecule has 0 spiro atoms. The molecule has 152 valence electrons. The van der Waals surface area contributed by atoms with Gasteiger partial charge in [-0.25, -0.2) is 4.39 Å². The highest BCUT2D eigenvalue weighted by molar-refractivity contribution is 5.93. The van der Waals surface area contributed by atoms with Crippen LogP contribution in [0, 0.1) is 5.82 Å². The zero-order valence-electron chi connectivity index (χ0n) is 16.2. The monoisotopic (exact) mass is 396 g/mol. The molecule has 3 atom stereocenters. The van der Waals surface area contributed by atoms with E-state index in [0.29, 0.717) is 24.6 Å². The van der Waals surface area contributed by atoms with Gasteiger partial charge in [-0.15, -0.1) is 0 Å². The van der Waals surface area contributed by atoms with Gasteiger partial charge in [-0.2, -0.15) is 5.10 Å². The van der Waals surface area contributed by atoms with Gasteiger partial charge in [0, 0.05) is 30.5 Å². The third-order valence-electron chi connectivity index (χ3n) is 6.49. The molecular formula is C22H25FN4O2. The smallest absolute Gasteiger partial charge is 0.274 e. The standard InChI is InChI=1S/C22H25FN4O2/c23-15-5-3-4-14(10-15)16-12-27(19-6-1-2-7-20(28)24-21(16)19)22(29)18-11-17(25-26-18)13-8-9-13/h3-5,10-11,13,16,19,21H,1-2,6-9,12H2,(H,24,28)(H,25,26)/t16-,19+,21-/m0/s1. The number of benzene rings is 1. The van der Waals surface area contributed by atoms with E-state index in [9.17, 15) is 14.0 Å². The fourth-order valence-corrected chi connectivity index (χ4v) is 4.83. The van der Waals surface area contributed by atoms with Gasteiger partial charge in [-0.1, -0.05) is 18.6 Å². The minimum absolute atomic E-state index is 0.00573. The molecule has 3 fully saturated rings. The molecule has 1 aliphatic carbocycles. The molecule has 1 saturated carbocycles. The van der Waals surface area contributed by atoms with Gasteiger partial charge in [0.2, 0.25) is 5.91 Å². The molecule has 7 heteroatoms. The molecule has 0 bridgehead atoms. The molecule has 1 aromatic heterocycles. The third kappa shape index (κ3) is 3.54. The quantitative estimate of drug-likeness (QED) is 0.837. The Kier molecular flexibility index (Phi) is 4.60. The van der Waals surface area contributed by atoms with Crippen molar-refractivity contribution < 1.29 is 14.0 Å². The van der Waals surface area contributed by atoms with Crippen molar-refractivity contribution in [2.45, 2.75) is 62.4 Å². The summed E-state index contributed by atoms with van der Waals surface area (Å²) in [6.45, 7) is 0.448. The van der Waals surface area contributed by atoms with Gasteiger partial charge < -0.3 is 10.2 Å². The SMILES string of the molecule is O=C1CCCC[C@@H]2[C@@H](N1)[C@H](c1cccc(F)c1)CN2C(=O)c1cc(C2CC2)[nH]n1. The van der Waals surface area contributed by atoms with Crippen molar-refractivity contribution in [3.8, 4) is 0 Å². The number of nitrogens with one attached hydrogen (secondary N) is 2. The van der Waals surface area contributed by atoms with Crippen molar-refractivity contribution in [3.05, 3.63) is 53.1 Å². The highest BCUT2D eigenvalue weighted by Crippen LogP contribution is 2.40. The summed E-state index contributed by atoms with van der Waals surface area (Å²) in [7, 11) is 0. The summed E-state index contributed by atoms with van der Waals surface area (Å²) in [6, 6.07) is 8.04. The van der Waals surface area contributed by atoms with Gasteiger partial charge in [0.15, 0.2) is 0 Å². The Hall–Kier alpha value is -2.70. The van der Waals surface area contributed by atoms with Crippen molar-refractivity contribution in [1.29, 1.82) is 0 Å². The van der Waals surface area contributed by atoms with Crippen molar-refractivity contribution in [3.63, 3.8) is 0 Å². The van der Waals surface area contributed by atoms with Crippen LogP contribution in [0.15, 0.2) is 30.3 Å². The first-order valence-corrected chi connectivity index (χ1v) is 10.5. The maximum absolute atomic E-state index is 13.9. The summed E-state index contributed by atoms with van der Waals surface area (Å²) in [5, 5.41) is 10.4. The van der Waals surface area contributed by atoms with E-state index in [-0.39, 0.29) is 35.6 Å². The van der Waals surface area contributed by atoms with Crippen LogP contribution in [0.4, 0.5) is 4.39 Å². The molecule has 0 unspecified atom stereocenters. The van der Waals surface area contributed by atoms with E-state index in [1.54, 1.807) is 6.07 Å². The molecule has 1 aromatic carbocycles. The molecule has 2 aromatic rings. The van der Waals surface area contributed by atoms with Crippen LogP contribution in [0.3, 0.4) is 0 Å². The van der Waals surface area contributed by atoms with Crippen molar-refractivity contribution >= 4 is 11.8 Å². The number of amides is 2. The van der Waals surface area contributed by atoms with Gasteiger partial charge in [0.1, 0.15) is 11.5 Å². The van der Waals surface area contributed by atoms with Crippen LogP contribution < -0.4 is 5.32 Å². The molecule has 0 radical (unpaired) electrons. The number of nitrogens with zero attached hydrogens (tertiary/aromatic N) is 2. The number of likely N-dealkylation sites (tertiary alicyclic amines) is 1. The number of hydrogen-bond acceptors (Lipinski definition) is 3. The minimum atomic E-state index is -0.303. The lowest BCUT2D eigenvalue weighted by molar-refractivity contribution is -0.122. The van der Waals surface area contributed by atoms with Crippen molar-refractivity contribution in [2.24, 2.45) is 0 Å². The van der Waals surface area contributed by atoms with Crippen LogP contribution in [0.5, 0.6) is 0 Å². The van der Waals surface area contributed by atoms with Crippen LogP contribution in [0.1, 0.15) is 72.1 Å². The maximum atomic E-state index is 13.9. The zero-order valence-corrected chi connectivity index (χ0v) is 16.2. The molecular weight excluding hydrogens is 371 g/mol. The Morgan fingerprint density at radius 3 is 2.83 bits per heavy atom. The molecule has 29 heavy (non-hydrogen) atoms. The first-order chi connectivity index (χ1) is 14.1. The molecule has 3 heterocycles. The van der Waals surface area contributed by atoms with Crippen LogP contribution >= 0.6 is 0 Å². The largest absolute Gasteiger partial charge is 0.351 e. The van der Waals surface area contributed by atoms with Gasteiger partial charge in [0.05, 0.1) is 12.1 Å². The van der Waals surface area contributed by atoms with Crippen LogP contribution in [-0.2, 0) is 4.79 Å². The Morgan fingerprint density at radius 2 is 2.03 bits per heavy atom. The second-order valence-electron chi connectivity index (χ2n) is 8.51. The second-order valence-corrected chi connectivity index (χ2v) is 8.51. The Morgan fingerprint density at radius 1 is 1.17 bits per heavy atom. The number of aromatic amines is 1. The van der Waals surface area contributed by atoms with E-state index in [1.165, 1.54) is 12.1 Å². The molecule has 6 nitrogen and oxygen atoms in total. The molecule has 2 saturated heterocycles. The lowest BCUT2D eigenvalue weighted by atomic mass is 9.88. The lowest BCUT2D eigenvalue weighted by Gasteiger charge is -2.30. The summed E-state index contributed by atoms with van der Waals surface area (Å²) in [4.78, 5) is 27.5. The number of aromatic nitrogens is 2. The third-order valence-corrected chi connectivity index (χ3v) is 6.49. The summed E-state index contributed by atoms with van der Waals surface area (Å²) < 4.78 is 13.9. The molecule has 2 amide bonds. The highest BCUT2D eigenvalue weighted by Gasteiger charge is 2.46. The van der Waals surface area contributed by atoms with E-state index in [2.05, 4.69) is 15.5 Å². The predicted octanol–water partition coefficient (Wildman–Crippen LogP) is 3.09. The Labute approximate surface area is 168 Å². The summed E-state index contributed by atoms with van der Waals surface area (Å²) in [5.74, 6) is -0.0508. The lowest BCUT2D eigenvalue weighted by Crippen LogP contribution is -2.48. The number of carbonyl (C=O) groups is 2. The molecule has 2 N–H and O–H groups in total. The fraction of sp³-hybridized carbons (Fsp3) is 0.500. The number of fused-ring (bicyclic) bond motifs is 1. The number of halogens is 1. The normalized spacial score (nSPS) is 27.1. The van der Waals surface area contributed by atoms with E-state index >= 15 is 0 Å². The van der Waals surface area contributed by atoms with Gasteiger partial charge in [-0.3, -0.25) is 14.7 Å². The van der Waals surface area contributed by atoms with E-state index in [0.717, 1.165) is 43.4 Å². The van der Waals surface area contributed by atoms with Crippen LogP contribution in [-0.4, -0.2) is 45.5 Å². The average molecular weight is 396 g/mol. The summed E-state index contributed by atoms with van der Waals surface area (Å²) >= 11 is 0. The first kappa shape index (κ1) is 18.3. The summed E-state index contributed by atoms with van der Waals surface area (Å²) in [6.07, 6.45) is 5.30. The van der Waals surface area contributed by atoms with E-state index in [1.807, 2.05) is 17.0 Å². The zero-order chi connectivity index (χ0) is 20.0. The maximum Gasteiger partial charge on any atom is 0.274 e. The topological polar surface area (TPSA) is 78.1 Å². The van der Waals surface area contributed by atoms with Crippen molar-refractivity contribution in [2.75, 3.05) is 6.54 Å². The number of rotatable bonds is 3. The molecule has 3 aliphatic rings. The van der Waals surface area contributed by atoms with E-state index < -0.39 is 0 Å². The Bertz CT molecular complexity index is 938. The number of H-pyrrole nitrogens is 1. The van der Waals surface area contributed by atoms with E-state index in [4.69, 9.17) is 0 Å². The fourth-order valence-electron chi connectivity index (χ4n) is 4.83. The Balaban J connectivity index is 1.47. The number of carbonyl (C=O) groups excluding carboxylic acids is 2. The second kappa shape index (κ2) is 7.28. The van der Waals surface area contributed by atoms with Crippen LogP contribution in [0.25, 0.3) is 0 Å². The molecule has 5 rings (SSSR count). The number of hydrogen-bond donors (Lipinski definition) is 2. The molecule has 2 aliphatic heterocycles. The van der Waals surface area contributed by atoms with Crippen molar-refractivity contribution in [1.82, 2.24) is 20.4 Å².